The number of aromatic amines is 1. The SMILES string of the molecule is CC(C)C(C)N(C)CC(=O)c1ccc[nH]1. The Bertz CT molecular complexity index is 303. The molecule has 15 heavy (non-hydrogen) atoms. The van der Waals surface area contributed by atoms with Gasteiger partial charge in [-0.25, -0.2) is 0 Å². The third-order valence-electron chi connectivity index (χ3n) is 2.95. The van der Waals surface area contributed by atoms with Crippen LogP contribution in [0, 0.1) is 5.92 Å². The van der Waals surface area contributed by atoms with E-state index in [9.17, 15) is 4.79 Å². The molecule has 0 aromatic carbocycles. The van der Waals surface area contributed by atoms with Crippen molar-refractivity contribution in [1.29, 1.82) is 0 Å². The van der Waals surface area contributed by atoms with Crippen LogP contribution in [-0.2, 0) is 0 Å². The molecule has 0 saturated heterocycles. The molecule has 0 aliphatic carbocycles. The summed E-state index contributed by atoms with van der Waals surface area (Å²) in [7, 11) is 1.99. The monoisotopic (exact) mass is 208 g/mol. The second kappa shape index (κ2) is 5.12. The molecular formula is C12H20N2O. The van der Waals surface area contributed by atoms with Crippen molar-refractivity contribution in [2.45, 2.75) is 26.8 Å². The van der Waals surface area contributed by atoms with E-state index in [4.69, 9.17) is 0 Å². The van der Waals surface area contributed by atoms with Crippen LogP contribution in [0.15, 0.2) is 18.3 Å². The highest BCUT2D eigenvalue weighted by Gasteiger charge is 2.16. The molecule has 0 fully saturated rings. The first-order valence-electron chi connectivity index (χ1n) is 5.39. The van der Waals surface area contributed by atoms with Gasteiger partial charge in [0, 0.05) is 12.2 Å². The van der Waals surface area contributed by atoms with Crippen LogP contribution < -0.4 is 0 Å². The zero-order chi connectivity index (χ0) is 11.4. The first kappa shape index (κ1) is 12.0. The number of hydrogen-bond acceptors (Lipinski definition) is 2. The summed E-state index contributed by atoms with van der Waals surface area (Å²) in [5.74, 6) is 0.710. The van der Waals surface area contributed by atoms with E-state index in [0.717, 1.165) is 0 Å². The van der Waals surface area contributed by atoms with Gasteiger partial charge in [-0.15, -0.1) is 0 Å². The van der Waals surface area contributed by atoms with Crippen LogP contribution >= 0.6 is 0 Å². The van der Waals surface area contributed by atoms with Gasteiger partial charge in [0.15, 0.2) is 5.78 Å². The number of nitrogens with one attached hydrogen (secondary N) is 1. The highest BCUT2D eigenvalue weighted by Crippen LogP contribution is 2.08. The lowest BCUT2D eigenvalue weighted by Gasteiger charge is -2.26. The average Bonchev–Trinajstić information content (AvgIpc) is 2.68. The van der Waals surface area contributed by atoms with Gasteiger partial charge in [-0.1, -0.05) is 13.8 Å². The number of aromatic nitrogens is 1. The Balaban J connectivity index is 2.52. The summed E-state index contributed by atoms with van der Waals surface area (Å²) in [4.78, 5) is 16.8. The number of nitrogens with zero attached hydrogens (tertiary/aromatic N) is 1. The standard InChI is InChI=1S/C12H20N2O/c1-9(2)10(3)14(4)8-12(15)11-6-5-7-13-11/h5-7,9-10,13H,8H2,1-4H3. The second-order valence-electron chi connectivity index (χ2n) is 4.41. The second-order valence-corrected chi connectivity index (χ2v) is 4.41. The molecule has 1 rings (SSSR count). The van der Waals surface area contributed by atoms with Gasteiger partial charge in [0.25, 0.3) is 0 Å². The number of carbonyl (C=O) groups is 1. The zero-order valence-electron chi connectivity index (χ0n) is 9.95. The minimum atomic E-state index is 0.148. The summed E-state index contributed by atoms with van der Waals surface area (Å²) >= 11 is 0. The highest BCUT2D eigenvalue weighted by atomic mass is 16.1. The van der Waals surface area contributed by atoms with Gasteiger partial charge >= 0.3 is 0 Å². The van der Waals surface area contributed by atoms with E-state index in [1.165, 1.54) is 0 Å². The van der Waals surface area contributed by atoms with Gasteiger partial charge in [0.1, 0.15) is 0 Å². The molecule has 0 aliphatic heterocycles. The Kier molecular flexibility index (Phi) is 4.09. The van der Waals surface area contributed by atoms with Crippen molar-refractivity contribution in [2.75, 3.05) is 13.6 Å². The van der Waals surface area contributed by atoms with Crippen LogP contribution in [0.2, 0.25) is 0 Å². The third-order valence-corrected chi connectivity index (χ3v) is 2.95. The van der Waals surface area contributed by atoms with Crippen LogP contribution in [0.5, 0.6) is 0 Å². The summed E-state index contributed by atoms with van der Waals surface area (Å²) in [6.45, 7) is 6.95. The minimum Gasteiger partial charge on any atom is -0.359 e. The fourth-order valence-corrected chi connectivity index (χ4v) is 1.47. The van der Waals surface area contributed by atoms with Gasteiger partial charge in [-0.2, -0.15) is 0 Å². The zero-order valence-corrected chi connectivity index (χ0v) is 9.95. The number of hydrogen-bond donors (Lipinski definition) is 1. The fraction of sp³-hybridized carbons (Fsp3) is 0.583. The third kappa shape index (κ3) is 3.20. The van der Waals surface area contributed by atoms with Crippen molar-refractivity contribution in [3.05, 3.63) is 24.0 Å². The van der Waals surface area contributed by atoms with Crippen LogP contribution in [0.1, 0.15) is 31.3 Å². The Hall–Kier alpha value is -1.09. The van der Waals surface area contributed by atoms with Crippen LogP contribution in [0.3, 0.4) is 0 Å². The van der Waals surface area contributed by atoms with Gasteiger partial charge in [-0.05, 0) is 32.0 Å². The Morgan fingerprint density at radius 2 is 2.13 bits per heavy atom. The van der Waals surface area contributed by atoms with Gasteiger partial charge in [0.05, 0.1) is 12.2 Å². The maximum Gasteiger partial charge on any atom is 0.192 e. The lowest BCUT2D eigenvalue weighted by atomic mass is 10.0. The van der Waals surface area contributed by atoms with Crippen molar-refractivity contribution >= 4 is 5.78 Å². The molecule has 0 radical (unpaired) electrons. The quantitative estimate of drug-likeness (QED) is 0.753. The van der Waals surface area contributed by atoms with Crippen LogP contribution in [0.25, 0.3) is 0 Å². The van der Waals surface area contributed by atoms with E-state index >= 15 is 0 Å². The van der Waals surface area contributed by atoms with Crippen molar-refractivity contribution in [3.8, 4) is 0 Å². The van der Waals surface area contributed by atoms with E-state index in [1.54, 1.807) is 6.20 Å². The van der Waals surface area contributed by atoms with E-state index in [1.807, 2.05) is 19.2 Å². The predicted octanol–water partition coefficient (Wildman–Crippen LogP) is 2.17. The van der Waals surface area contributed by atoms with E-state index in [-0.39, 0.29) is 5.78 Å². The summed E-state index contributed by atoms with van der Waals surface area (Å²) in [6, 6.07) is 4.08. The normalized spacial score (nSPS) is 13.5. The predicted molar refractivity (Wildman–Crippen MR) is 62.1 cm³/mol. The summed E-state index contributed by atoms with van der Waals surface area (Å²) in [6.07, 6.45) is 1.78. The molecule has 1 heterocycles. The first-order chi connectivity index (χ1) is 7.02. The van der Waals surface area contributed by atoms with Crippen LogP contribution in [0.4, 0.5) is 0 Å². The molecule has 1 aromatic rings. The van der Waals surface area contributed by atoms with Gasteiger partial charge < -0.3 is 4.98 Å². The molecule has 0 aliphatic rings. The number of H-pyrrole nitrogens is 1. The molecule has 1 aromatic heterocycles. The Morgan fingerprint density at radius 3 is 2.60 bits per heavy atom. The Morgan fingerprint density at radius 1 is 1.47 bits per heavy atom. The minimum absolute atomic E-state index is 0.148. The molecule has 3 nitrogen and oxygen atoms in total. The van der Waals surface area contributed by atoms with Crippen molar-refractivity contribution in [1.82, 2.24) is 9.88 Å². The number of rotatable bonds is 5. The van der Waals surface area contributed by atoms with Crippen molar-refractivity contribution in [2.24, 2.45) is 5.92 Å². The number of Topliss-reactive ketones (excluding diaryl/α,β-unsaturated/α-hetero) is 1. The first-order valence-corrected chi connectivity index (χ1v) is 5.39. The Labute approximate surface area is 91.5 Å². The molecule has 0 bridgehead atoms. The molecule has 1 unspecified atom stereocenters. The van der Waals surface area contributed by atoms with Gasteiger partial charge in [-0.3, -0.25) is 9.69 Å². The molecule has 0 spiro atoms. The lowest BCUT2D eigenvalue weighted by Crippen LogP contribution is -2.37. The molecule has 3 heteroatoms. The maximum atomic E-state index is 11.8. The summed E-state index contributed by atoms with van der Waals surface area (Å²) in [5.41, 5.74) is 0.692. The van der Waals surface area contributed by atoms with E-state index in [2.05, 4.69) is 30.7 Å². The van der Waals surface area contributed by atoms with E-state index in [0.29, 0.717) is 24.2 Å². The molecule has 1 N–H and O–H groups in total. The molecule has 1 atom stereocenters. The van der Waals surface area contributed by atoms with Crippen LogP contribution in [-0.4, -0.2) is 35.3 Å². The number of likely N-dealkylation sites (N-methyl/N-ethyl adjacent to an activating group) is 1. The fourth-order valence-electron chi connectivity index (χ4n) is 1.47. The highest BCUT2D eigenvalue weighted by molar-refractivity contribution is 5.95. The topological polar surface area (TPSA) is 36.1 Å². The largest absolute Gasteiger partial charge is 0.359 e. The molecule has 0 saturated carbocycles. The van der Waals surface area contributed by atoms with Crippen molar-refractivity contribution < 1.29 is 4.79 Å². The summed E-state index contributed by atoms with van der Waals surface area (Å²) < 4.78 is 0. The van der Waals surface area contributed by atoms with Crippen molar-refractivity contribution in [3.63, 3.8) is 0 Å². The van der Waals surface area contributed by atoms with Gasteiger partial charge in [0.2, 0.25) is 0 Å². The molecule has 0 amide bonds. The smallest absolute Gasteiger partial charge is 0.192 e. The maximum absolute atomic E-state index is 11.8. The van der Waals surface area contributed by atoms with E-state index < -0.39 is 0 Å². The number of carbonyl (C=O) groups excluding carboxylic acids is 1. The number of ketones is 1. The summed E-state index contributed by atoms with van der Waals surface area (Å²) in [5, 5.41) is 0. The lowest BCUT2D eigenvalue weighted by molar-refractivity contribution is 0.0902. The molecular weight excluding hydrogens is 188 g/mol. The average molecular weight is 208 g/mol. The molecule has 84 valence electrons.